The summed E-state index contributed by atoms with van der Waals surface area (Å²) in [6.07, 6.45) is 5.83. The smallest absolute Gasteiger partial charge is 0.271 e. The van der Waals surface area contributed by atoms with Crippen LogP contribution in [0.4, 0.5) is 0 Å². The molecule has 2 heterocycles. The molecule has 0 bridgehead atoms. The SMILES string of the molecule is COc1ccc(CCCNC(=O)c2ccn(C3CCCNC3)n2)cc1OC. The van der Waals surface area contributed by atoms with E-state index in [0.717, 1.165) is 55.8 Å². The third-order valence-electron chi connectivity index (χ3n) is 4.86. The minimum absolute atomic E-state index is 0.121. The number of aryl methyl sites for hydroxylation is 1. The Kier molecular flexibility index (Phi) is 6.70. The Morgan fingerprint density at radius 1 is 1.30 bits per heavy atom. The molecule has 1 unspecified atom stereocenters. The number of benzene rings is 1. The van der Waals surface area contributed by atoms with Crippen LogP contribution in [0.5, 0.6) is 11.5 Å². The van der Waals surface area contributed by atoms with Gasteiger partial charge in [0.15, 0.2) is 11.5 Å². The monoisotopic (exact) mass is 372 g/mol. The third kappa shape index (κ3) is 5.01. The Labute approximate surface area is 160 Å². The van der Waals surface area contributed by atoms with Crippen molar-refractivity contribution in [3.05, 3.63) is 41.7 Å². The molecule has 0 saturated carbocycles. The highest BCUT2D eigenvalue weighted by molar-refractivity contribution is 5.92. The average Bonchev–Trinajstić information content (AvgIpc) is 3.22. The number of methoxy groups -OCH3 is 2. The second-order valence-electron chi connectivity index (χ2n) is 6.73. The van der Waals surface area contributed by atoms with Crippen LogP contribution in [-0.2, 0) is 6.42 Å². The fraction of sp³-hybridized carbons (Fsp3) is 0.500. The second-order valence-corrected chi connectivity index (χ2v) is 6.73. The Morgan fingerprint density at radius 2 is 2.15 bits per heavy atom. The minimum Gasteiger partial charge on any atom is -0.493 e. The molecule has 3 rings (SSSR count). The van der Waals surface area contributed by atoms with Crippen LogP contribution in [0.25, 0.3) is 0 Å². The first-order valence-corrected chi connectivity index (χ1v) is 9.46. The Morgan fingerprint density at radius 3 is 2.89 bits per heavy atom. The lowest BCUT2D eigenvalue weighted by Gasteiger charge is -2.22. The van der Waals surface area contributed by atoms with Gasteiger partial charge in [0.2, 0.25) is 0 Å². The van der Waals surface area contributed by atoms with Crippen molar-refractivity contribution in [3.8, 4) is 11.5 Å². The number of nitrogens with zero attached hydrogens (tertiary/aromatic N) is 2. The van der Waals surface area contributed by atoms with E-state index in [-0.39, 0.29) is 5.91 Å². The van der Waals surface area contributed by atoms with Gasteiger partial charge < -0.3 is 20.1 Å². The van der Waals surface area contributed by atoms with E-state index in [9.17, 15) is 4.79 Å². The van der Waals surface area contributed by atoms with Crippen LogP contribution in [0.15, 0.2) is 30.5 Å². The van der Waals surface area contributed by atoms with E-state index < -0.39 is 0 Å². The number of nitrogens with one attached hydrogen (secondary N) is 2. The highest BCUT2D eigenvalue weighted by Gasteiger charge is 2.17. The van der Waals surface area contributed by atoms with Gasteiger partial charge >= 0.3 is 0 Å². The molecule has 2 aromatic rings. The van der Waals surface area contributed by atoms with Gasteiger partial charge in [-0.15, -0.1) is 0 Å². The molecule has 1 saturated heterocycles. The van der Waals surface area contributed by atoms with Crippen molar-refractivity contribution < 1.29 is 14.3 Å². The first-order chi connectivity index (χ1) is 13.2. The van der Waals surface area contributed by atoms with Crippen LogP contribution in [0.3, 0.4) is 0 Å². The van der Waals surface area contributed by atoms with Crippen molar-refractivity contribution >= 4 is 5.91 Å². The highest BCUT2D eigenvalue weighted by Crippen LogP contribution is 2.27. The van der Waals surface area contributed by atoms with Crippen molar-refractivity contribution in [3.63, 3.8) is 0 Å². The topological polar surface area (TPSA) is 77.4 Å². The van der Waals surface area contributed by atoms with E-state index in [1.54, 1.807) is 20.3 Å². The molecule has 0 radical (unpaired) electrons. The number of rotatable bonds is 8. The number of ether oxygens (including phenoxy) is 2. The quantitative estimate of drug-likeness (QED) is 0.695. The molecule has 1 aromatic heterocycles. The number of hydrogen-bond acceptors (Lipinski definition) is 5. The van der Waals surface area contributed by atoms with Crippen molar-refractivity contribution in [2.24, 2.45) is 0 Å². The first kappa shape index (κ1) is 19.2. The molecular formula is C20H28N4O3. The molecule has 1 aliphatic heterocycles. The van der Waals surface area contributed by atoms with Gasteiger partial charge in [-0.05, 0) is 56.0 Å². The largest absolute Gasteiger partial charge is 0.493 e. The summed E-state index contributed by atoms with van der Waals surface area (Å²) in [7, 11) is 3.25. The maximum absolute atomic E-state index is 12.3. The van der Waals surface area contributed by atoms with Crippen molar-refractivity contribution in [2.75, 3.05) is 33.9 Å². The number of hydrogen-bond donors (Lipinski definition) is 2. The summed E-state index contributed by atoms with van der Waals surface area (Å²) in [5.41, 5.74) is 1.63. The van der Waals surface area contributed by atoms with E-state index in [0.29, 0.717) is 18.3 Å². The van der Waals surface area contributed by atoms with Gasteiger partial charge in [-0.1, -0.05) is 6.07 Å². The zero-order valence-corrected chi connectivity index (χ0v) is 16.0. The summed E-state index contributed by atoms with van der Waals surface area (Å²) in [6, 6.07) is 8.02. The summed E-state index contributed by atoms with van der Waals surface area (Å²) >= 11 is 0. The van der Waals surface area contributed by atoms with E-state index in [1.165, 1.54) is 0 Å². The van der Waals surface area contributed by atoms with Crippen molar-refractivity contribution in [1.29, 1.82) is 0 Å². The molecule has 1 fully saturated rings. The third-order valence-corrected chi connectivity index (χ3v) is 4.86. The molecule has 0 aliphatic carbocycles. The molecule has 2 N–H and O–H groups in total. The van der Waals surface area contributed by atoms with Crippen LogP contribution >= 0.6 is 0 Å². The number of amides is 1. The molecular weight excluding hydrogens is 344 g/mol. The fourth-order valence-electron chi connectivity index (χ4n) is 3.34. The Balaban J connectivity index is 1.45. The van der Waals surface area contributed by atoms with Crippen LogP contribution < -0.4 is 20.1 Å². The predicted octanol–water partition coefficient (Wildman–Crippen LogP) is 2.19. The maximum atomic E-state index is 12.3. The van der Waals surface area contributed by atoms with Crippen molar-refractivity contribution in [1.82, 2.24) is 20.4 Å². The maximum Gasteiger partial charge on any atom is 0.271 e. The molecule has 0 spiro atoms. The molecule has 146 valence electrons. The standard InChI is InChI=1S/C20H28N4O3/c1-26-18-8-7-15(13-19(18)27-2)5-3-11-22-20(25)17-9-12-24(23-17)16-6-4-10-21-14-16/h7-9,12-13,16,21H,3-6,10-11,14H2,1-2H3,(H,22,25). The fourth-order valence-corrected chi connectivity index (χ4v) is 3.34. The summed E-state index contributed by atoms with van der Waals surface area (Å²) < 4.78 is 12.5. The van der Waals surface area contributed by atoms with E-state index in [2.05, 4.69) is 15.7 Å². The lowest BCUT2D eigenvalue weighted by Crippen LogP contribution is -2.32. The van der Waals surface area contributed by atoms with Crippen LogP contribution in [0.1, 0.15) is 41.4 Å². The summed E-state index contributed by atoms with van der Waals surface area (Å²) in [6.45, 7) is 2.57. The van der Waals surface area contributed by atoms with E-state index in [4.69, 9.17) is 9.47 Å². The summed E-state index contributed by atoms with van der Waals surface area (Å²) in [5, 5.41) is 10.8. The molecule has 7 nitrogen and oxygen atoms in total. The normalized spacial score (nSPS) is 16.7. The molecule has 7 heteroatoms. The van der Waals surface area contributed by atoms with Gasteiger partial charge in [-0.3, -0.25) is 9.48 Å². The molecule has 1 aromatic carbocycles. The average molecular weight is 372 g/mol. The van der Waals surface area contributed by atoms with Gasteiger partial charge in [0.05, 0.1) is 20.3 Å². The van der Waals surface area contributed by atoms with Gasteiger partial charge in [-0.25, -0.2) is 0 Å². The lowest BCUT2D eigenvalue weighted by molar-refractivity contribution is 0.0947. The first-order valence-electron chi connectivity index (χ1n) is 9.46. The molecule has 1 aliphatic rings. The van der Waals surface area contributed by atoms with Gasteiger partial charge in [0, 0.05) is 19.3 Å². The van der Waals surface area contributed by atoms with Gasteiger partial charge in [-0.2, -0.15) is 5.10 Å². The van der Waals surface area contributed by atoms with Crippen molar-refractivity contribution in [2.45, 2.75) is 31.7 Å². The van der Waals surface area contributed by atoms with E-state index >= 15 is 0 Å². The summed E-state index contributed by atoms with van der Waals surface area (Å²) in [5.74, 6) is 1.32. The zero-order valence-electron chi connectivity index (χ0n) is 16.0. The Bertz CT molecular complexity index is 753. The zero-order chi connectivity index (χ0) is 19.1. The van der Waals surface area contributed by atoms with Crippen LogP contribution in [-0.4, -0.2) is 49.5 Å². The minimum atomic E-state index is -0.121. The Hall–Kier alpha value is -2.54. The lowest BCUT2D eigenvalue weighted by atomic mass is 10.1. The number of carbonyl (C=O) groups excluding carboxylic acids is 1. The summed E-state index contributed by atoms with van der Waals surface area (Å²) in [4.78, 5) is 12.3. The molecule has 1 atom stereocenters. The van der Waals surface area contributed by atoms with Gasteiger partial charge in [0.1, 0.15) is 5.69 Å². The van der Waals surface area contributed by atoms with E-state index in [1.807, 2.05) is 29.1 Å². The number of piperidine rings is 1. The number of carbonyl (C=O) groups is 1. The highest BCUT2D eigenvalue weighted by atomic mass is 16.5. The molecule has 27 heavy (non-hydrogen) atoms. The van der Waals surface area contributed by atoms with Crippen LogP contribution in [0, 0.1) is 0 Å². The van der Waals surface area contributed by atoms with Crippen LogP contribution in [0.2, 0.25) is 0 Å². The predicted molar refractivity (Wildman–Crippen MR) is 104 cm³/mol. The second kappa shape index (κ2) is 9.41. The number of aromatic nitrogens is 2. The van der Waals surface area contributed by atoms with Gasteiger partial charge in [0.25, 0.3) is 5.91 Å². The molecule has 1 amide bonds.